The molecule has 2 heterocycles. The molecule has 3 aromatic rings. The van der Waals surface area contributed by atoms with E-state index in [2.05, 4.69) is 15.1 Å². The van der Waals surface area contributed by atoms with Crippen molar-refractivity contribution in [1.82, 2.24) is 19.7 Å². The Bertz CT molecular complexity index is 987. The number of hydrogen-bond donors (Lipinski definition) is 2. The largest absolute Gasteiger partial charge is 0.478 e. The fourth-order valence-corrected chi connectivity index (χ4v) is 2.67. The predicted molar refractivity (Wildman–Crippen MR) is 84.0 cm³/mol. The minimum Gasteiger partial charge on any atom is -0.478 e. The minimum atomic E-state index is -3.05. The van der Waals surface area contributed by atoms with Gasteiger partial charge in [-0.05, 0) is 18.2 Å². The summed E-state index contributed by atoms with van der Waals surface area (Å²) in [4.78, 5) is 18.4. The maximum absolute atomic E-state index is 11.2. The fourth-order valence-electron chi connectivity index (χ4n) is 2.15. The van der Waals surface area contributed by atoms with Gasteiger partial charge in [-0.25, -0.2) is 18.2 Å². The van der Waals surface area contributed by atoms with E-state index in [4.69, 9.17) is 5.11 Å². The van der Waals surface area contributed by atoms with Gasteiger partial charge in [0.15, 0.2) is 0 Å². The third-order valence-electron chi connectivity index (χ3n) is 3.33. The molecule has 0 atom stereocenters. The number of H-pyrrole nitrogens is 1. The molecule has 120 valence electrons. The van der Waals surface area contributed by atoms with Crippen LogP contribution in [0.5, 0.6) is 0 Å². The predicted octanol–water partition coefficient (Wildman–Crippen LogP) is 1.17. The lowest BCUT2D eigenvalue weighted by atomic mass is 10.2. The number of rotatable bonds is 5. The van der Waals surface area contributed by atoms with Crippen LogP contribution in [-0.4, -0.2) is 51.3 Å². The third kappa shape index (κ3) is 3.39. The first-order chi connectivity index (χ1) is 10.8. The number of aromatic amines is 1. The molecule has 2 N–H and O–H groups in total. The van der Waals surface area contributed by atoms with E-state index in [0.717, 1.165) is 0 Å². The quantitative estimate of drug-likeness (QED) is 0.723. The van der Waals surface area contributed by atoms with E-state index < -0.39 is 15.8 Å². The standard InChI is InChI=1S/C14H14N4O4S/c1-23(21,22)5-4-18-8-10(7-15-18)13-16-11-3-2-9(14(19)20)6-12(11)17-13/h2-3,6-8H,4-5H2,1H3,(H,16,17)(H,19,20). The Kier molecular flexibility index (Phi) is 3.64. The van der Waals surface area contributed by atoms with Gasteiger partial charge in [-0.3, -0.25) is 4.68 Å². The van der Waals surface area contributed by atoms with Crippen LogP contribution in [0.4, 0.5) is 0 Å². The van der Waals surface area contributed by atoms with Crippen LogP contribution in [0, 0.1) is 0 Å². The smallest absolute Gasteiger partial charge is 0.335 e. The van der Waals surface area contributed by atoms with Crippen LogP contribution in [0.3, 0.4) is 0 Å². The van der Waals surface area contributed by atoms with E-state index in [0.29, 0.717) is 22.4 Å². The van der Waals surface area contributed by atoms with Crippen LogP contribution in [0.25, 0.3) is 22.4 Å². The number of imidazole rings is 1. The molecule has 9 heteroatoms. The molecule has 0 saturated heterocycles. The van der Waals surface area contributed by atoms with Crippen LogP contribution >= 0.6 is 0 Å². The molecule has 23 heavy (non-hydrogen) atoms. The lowest BCUT2D eigenvalue weighted by molar-refractivity contribution is 0.0697. The number of carboxylic acids is 1. The summed E-state index contributed by atoms with van der Waals surface area (Å²) < 4.78 is 23.9. The summed E-state index contributed by atoms with van der Waals surface area (Å²) in [5, 5.41) is 13.1. The topological polar surface area (TPSA) is 118 Å². The molecule has 2 aromatic heterocycles. The van der Waals surface area contributed by atoms with Crippen molar-refractivity contribution in [2.75, 3.05) is 12.0 Å². The van der Waals surface area contributed by atoms with Gasteiger partial charge in [-0.2, -0.15) is 5.10 Å². The van der Waals surface area contributed by atoms with Crippen molar-refractivity contribution in [1.29, 1.82) is 0 Å². The average Bonchev–Trinajstić information content (AvgIpc) is 3.09. The maximum Gasteiger partial charge on any atom is 0.335 e. The lowest BCUT2D eigenvalue weighted by Crippen LogP contribution is -2.11. The molecule has 0 unspecified atom stereocenters. The molecule has 0 saturated carbocycles. The molecule has 0 fully saturated rings. The first-order valence-corrected chi connectivity index (χ1v) is 8.81. The Morgan fingerprint density at radius 3 is 2.87 bits per heavy atom. The molecule has 0 bridgehead atoms. The lowest BCUT2D eigenvalue weighted by Gasteiger charge is -1.98. The number of sulfone groups is 1. The highest BCUT2D eigenvalue weighted by Crippen LogP contribution is 2.21. The van der Waals surface area contributed by atoms with E-state index in [1.807, 2.05) is 0 Å². The minimum absolute atomic E-state index is 0.0101. The summed E-state index contributed by atoms with van der Waals surface area (Å²) in [6.07, 6.45) is 4.45. The molecular formula is C14H14N4O4S. The Morgan fingerprint density at radius 1 is 1.39 bits per heavy atom. The number of aryl methyl sites for hydroxylation is 1. The Morgan fingerprint density at radius 2 is 2.17 bits per heavy atom. The van der Waals surface area contributed by atoms with Gasteiger partial charge >= 0.3 is 5.97 Å². The molecule has 0 aliphatic rings. The van der Waals surface area contributed by atoms with Crippen LogP contribution in [0.1, 0.15) is 10.4 Å². The van der Waals surface area contributed by atoms with Crippen molar-refractivity contribution >= 4 is 26.8 Å². The van der Waals surface area contributed by atoms with E-state index in [9.17, 15) is 13.2 Å². The highest BCUT2D eigenvalue weighted by Gasteiger charge is 2.11. The summed E-state index contributed by atoms with van der Waals surface area (Å²) in [5.41, 5.74) is 2.14. The Balaban J connectivity index is 1.88. The molecule has 0 aliphatic heterocycles. The number of carboxylic acid groups (broad SMARTS) is 1. The summed E-state index contributed by atoms with van der Waals surface area (Å²) in [6, 6.07) is 4.64. The van der Waals surface area contributed by atoms with Gasteiger partial charge in [0.05, 0.1) is 40.7 Å². The SMILES string of the molecule is CS(=O)(=O)CCn1cc(-c2nc3ccc(C(=O)O)cc3[nH]2)cn1. The van der Waals surface area contributed by atoms with Crippen molar-refractivity contribution in [3.63, 3.8) is 0 Å². The van der Waals surface area contributed by atoms with E-state index in [-0.39, 0.29) is 17.9 Å². The Labute approximate surface area is 131 Å². The summed E-state index contributed by atoms with van der Waals surface area (Å²) in [5.74, 6) is -0.444. The highest BCUT2D eigenvalue weighted by atomic mass is 32.2. The first kappa shape index (κ1) is 15.2. The number of aromatic nitrogens is 4. The average molecular weight is 334 g/mol. The van der Waals surface area contributed by atoms with Crippen LogP contribution in [-0.2, 0) is 16.4 Å². The number of carbonyl (C=O) groups is 1. The van der Waals surface area contributed by atoms with Crippen molar-refractivity contribution in [3.05, 3.63) is 36.2 Å². The van der Waals surface area contributed by atoms with E-state index in [1.165, 1.54) is 23.1 Å². The summed E-state index contributed by atoms with van der Waals surface area (Å²) in [6.45, 7) is 0.266. The van der Waals surface area contributed by atoms with Gasteiger partial charge in [0, 0.05) is 12.5 Å². The summed E-state index contributed by atoms with van der Waals surface area (Å²) in [7, 11) is -3.05. The Hall–Kier alpha value is -2.68. The number of nitrogens with one attached hydrogen (secondary N) is 1. The number of hydrogen-bond acceptors (Lipinski definition) is 5. The van der Waals surface area contributed by atoms with E-state index in [1.54, 1.807) is 18.5 Å². The van der Waals surface area contributed by atoms with Crippen molar-refractivity contribution in [2.45, 2.75) is 6.54 Å². The maximum atomic E-state index is 11.2. The normalized spacial score (nSPS) is 11.9. The van der Waals surface area contributed by atoms with Crippen molar-refractivity contribution in [2.24, 2.45) is 0 Å². The van der Waals surface area contributed by atoms with Crippen molar-refractivity contribution < 1.29 is 18.3 Å². The van der Waals surface area contributed by atoms with Gasteiger partial charge in [0.25, 0.3) is 0 Å². The fraction of sp³-hybridized carbons (Fsp3) is 0.214. The number of aromatic carboxylic acids is 1. The number of nitrogens with zero attached hydrogens (tertiary/aromatic N) is 3. The van der Waals surface area contributed by atoms with Gasteiger partial charge in [-0.1, -0.05) is 0 Å². The molecule has 0 radical (unpaired) electrons. The van der Waals surface area contributed by atoms with Crippen LogP contribution in [0.15, 0.2) is 30.6 Å². The van der Waals surface area contributed by atoms with Gasteiger partial charge in [0.1, 0.15) is 15.7 Å². The van der Waals surface area contributed by atoms with Crippen LogP contribution in [0.2, 0.25) is 0 Å². The van der Waals surface area contributed by atoms with E-state index >= 15 is 0 Å². The zero-order valence-electron chi connectivity index (χ0n) is 12.2. The molecular weight excluding hydrogens is 320 g/mol. The second-order valence-corrected chi connectivity index (χ2v) is 7.50. The molecule has 3 rings (SSSR count). The molecule has 0 amide bonds. The molecule has 8 nitrogen and oxygen atoms in total. The molecule has 1 aromatic carbocycles. The highest BCUT2D eigenvalue weighted by molar-refractivity contribution is 7.90. The second kappa shape index (κ2) is 5.51. The number of fused-ring (bicyclic) bond motifs is 1. The third-order valence-corrected chi connectivity index (χ3v) is 4.25. The molecule has 0 aliphatic carbocycles. The van der Waals surface area contributed by atoms with Gasteiger partial charge in [-0.15, -0.1) is 0 Å². The zero-order valence-corrected chi connectivity index (χ0v) is 13.0. The van der Waals surface area contributed by atoms with Gasteiger partial charge in [0.2, 0.25) is 0 Å². The van der Waals surface area contributed by atoms with Crippen LogP contribution < -0.4 is 0 Å². The molecule has 0 spiro atoms. The summed E-state index contributed by atoms with van der Waals surface area (Å²) >= 11 is 0. The van der Waals surface area contributed by atoms with Crippen molar-refractivity contribution in [3.8, 4) is 11.4 Å². The second-order valence-electron chi connectivity index (χ2n) is 5.24. The zero-order chi connectivity index (χ0) is 16.6. The van der Waals surface area contributed by atoms with Gasteiger partial charge < -0.3 is 10.1 Å². The first-order valence-electron chi connectivity index (χ1n) is 6.75. The number of benzene rings is 1. The monoisotopic (exact) mass is 334 g/mol.